The molecule has 1 saturated heterocycles. The van der Waals surface area contributed by atoms with Crippen molar-refractivity contribution in [3.63, 3.8) is 0 Å². The smallest absolute Gasteiger partial charge is 0.410 e. The van der Waals surface area contributed by atoms with E-state index >= 15 is 0 Å². The number of likely N-dealkylation sites (tertiary alicyclic amines) is 1. The van der Waals surface area contributed by atoms with Crippen molar-refractivity contribution in [2.45, 2.75) is 72.3 Å². The number of nitrogens with zero attached hydrogens (tertiary/aromatic N) is 3. The van der Waals surface area contributed by atoms with Gasteiger partial charge in [-0.1, -0.05) is 39.8 Å². The lowest BCUT2D eigenvalue weighted by Crippen LogP contribution is -2.33. The van der Waals surface area contributed by atoms with Crippen LogP contribution in [0.25, 0.3) is 11.1 Å². The molecule has 1 heterocycles. The van der Waals surface area contributed by atoms with Gasteiger partial charge in [0.1, 0.15) is 5.78 Å². The van der Waals surface area contributed by atoms with E-state index in [0.29, 0.717) is 63.2 Å². The molecule has 2 unspecified atom stereocenters. The summed E-state index contributed by atoms with van der Waals surface area (Å²) in [6.45, 7) is 12.0. The van der Waals surface area contributed by atoms with Crippen LogP contribution in [-0.4, -0.2) is 77.7 Å². The van der Waals surface area contributed by atoms with Crippen LogP contribution in [0.3, 0.4) is 0 Å². The van der Waals surface area contributed by atoms with Crippen LogP contribution < -0.4 is 0 Å². The largest absolute Gasteiger partial charge is 0.436 e. The van der Waals surface area contributed by atoms with Crippen molar-refractivity contribution in [3.8, 4) is 11.1 Å². The summed E-state index contributed by atoms with van der Waals surface area (Å²) < 4.78 is 6.27. The predicted octanol–water partition coefficient (Wildman–Crippen LogP) is 6.33. The van der Waals surface area contributed by atoms with Crippen molar-refractivity contribution in [2.75, 3.05) is 39.3 Å². The second-order valence-corrected chi connectivity index (χ2v) is 12.3. The van der Waals surface area contributed by atoms with Gasteiger partial charge in [0.05, 0.1) is 0 Å². The Morgan fingerprint density at radius 1 is 0.721 bits per heavy atom. The Balaban J connectivity index is 1.49. The molecule has 0 radical (unpaired) electrons. The van der Waals surface area contributed by atoms with Gasteiger partial charge in [-0.15, -0.1) is 0 Å². The lowest BCUT2D eigenvalue weighted by molar-refractivity contribution is -0.118. The maximum Gasteiger partial charge on any atom is 0.410 e. The fourth-order valence-corrected chi connectivity index (χ4v) is 7.08. The number of amides is 3. The Hall–Kier alpha value is -3.68. The molecule has 8 heteroatoms. The third-order valence-electron chi connectivity index (χ3n) is 9.03. The molecule has 3 aliphatic rings. The third-order valence-corrected chi connectivity index (χ3v) is 9.03. The van der Waals surface area contributed by atoms with Crippen molar-refractivity contribution in [2.24, 2.45) is 11.8 Å². The molecule has 0 N–H and O–H groups in total. The normalized spacial score (nSPS) is 18.8. The van der Waals surface area contributed by atoms with Crippen molar-refractivity contribution >= 4 is 23.7 Å². The Bertz CT molecular complexity index is 1280. The van der Waals surface area contributed by atoms with E-state index in [2.05, 4.69) is 27.7 Å². The maximum atomic E-state index is 13.6. The zero-order chi connectivity index (χ0) is 30.7. The van der Waals surface area contributed by atoms with E-state index in [1.165, 1.54) is 0 Å². The Kier molecular flexibility index (Phi) is 9.52. The average molecular weight is 588 g/mol. The molecule has 5 rings (SSSR count). The molecule has 1 aliphatic heterocycles. The average Bonchev–Trinajstić information content (AvgIpc) is 3.65. The van der Waals surface area contributed by atoms with Gasteiger partial charge >= 0.3 is 6.09 Å². The van der Waals surface area contributed by atoms with Crippen LogP contribution in [0.5, 0.6) is 0 Å². The van der Waals surface area contributed by atoms with Gasteiger partial charge in [0.25, 0.3) is 11.8 Å². The van der Waals surface area contributed by atoms with E-state index < -0.39 is 12.2 Å². The van der Waals surface area contributed by atoms with E-state index in [1.807, 2.05) is 46.2 Å². The summed E-state index contributed by atoms with van der Waals surface area (Å²) >= 11 is 0. The number of fused-ring (bicyclic) bond motifs is 4. The summed E-state index contributed by atoms with van der Waals surface area (Å²) in [6.07, 6.45) is 3.38. The Labute approximate surface area is 255 Å². The van der Waals surface area contributed by atoms with Gasteiger partial charge < -0.3 is 19.4 Å². The first-order valence-corrected chi connectivity index (χ1v) is 16.1. The van der Waals surface area contributed by atoms with Crippen LogP contribution in [0.4, 0.5) is 4.79 Å². The predicted molar refractivity (Wildman–Crippen MR) is 166 cm³/mol. The molecule has 2 aromatic carbocycles. The fourth-order valence-electron chi connectivity index (χ4n) is 7.08. The van der Waals surface area contributed by atoms with Crippen LogP contribution >= 0.6 is 0 Å². The molecule has 0 aromatic heterocycles. The summed E-state index contributed by atoms with van der Waals surface area (Å²) in [4.78, 5) is 58.1. The number of rotatable bonds is 11. The van der Waals surface area contributed by atoms with E-state index in [9.17, 15) is 19.2 Å². The first kappa shape index (κ1) is 30.8. The van der Waals surface area contributed by atoms with Gasteiger partial charge in [0, 0.05) is 74.4 Å². The zero-order valence-electron chi connectivity index (χ0n) is 26.1. The van der Waals surface area contributed by atoms with Crippen LogP contribution in [0.1, 0.15) is 104 Å². The maximum absolute atomic E-state index is 13.6. The summed E-state index contributed by atoms with van der Waals surface area (Å²) in [6, 6.07) is 11.3. The molecule has 8 nitrogen and oxygen atoms in total. The number of ketones is 1. The highest BCUT2D eigenvalue weighted by atomic mass is 16.6. The molecule has 0 bridgehead atoms. The number of hydrogen-bond donors (Lipinski definition) is 0. The van der Waals surface area contributed by atoms with Crippen molar-refractivity contribution in [1.29, 1.82) is 0 Å². The minimum atomic E-state index is -0.739. The molecule has 230 valence electrons. The van der Waals surface area contributed by atoms with Gasteiger partial charge in [-0.3, -0.25) is 14.4 Å². The SMILES string of the molecule is CCCN(CCC)C(=O)c1ccc2c(c1)C(OC(=O)N1CC3CC(=O)CC3C1)c1cc(C(=O)N(CCC)CCC)ccc1-2. The van der Waals surface area contributed by atoms with Gasteiger partial charge in [0.2, 0.25) is 0 Å². The topological polar surface area (TPSA) is 87.2 Å². The quantitative estimate of drug-likeness (QED) is 0.307. The van der Waals surface area contributed by atoms with Crippen molar-refractivity contribution < 1.29 is 23.9 Å². The second kappa shape index (κ2) is 13.3. The van der Waals surface area contributed by atoms with Crippen molar-refractivity contribution in [1.82, 2.24) is 14.7 Å². The van der Waals surface area contributed by atoms with E-state index in [0.717, 1.165) is 47.9 Å². The molecule has 1 saturated carbocycles. The standard InChI is InChI=1S/C35H45N3O5/c1-5-13-36(14-6-2)33(40)23-9-11-28-29-12-10-24(34(41)37(15-7-3)16-8-4)20-31(29)32(30(28)19-23)43-35(42)38-21-25-17-27(39)18-26(25)22-38/h9-12,19-20,25-26,32H,5-8,13-18,21-22H2,1-4H3. The number of carbonyl (C=O) groups is 4. The number of carbonyl (C=O) groups excluding carboxylic acids is 4. The van der Waals surface area contributed by atoms with Crippen LogP contribution in [0.15, 0.2) is 36.4 Å². The van der Waals surface area contributed by atoms with Crippen LogP contribution in [0.2, 0.25) is 0 Å². The van der Waals surface area contributed by atoms with Gasteiger partial charge in [-0.05, 0) is 72.9 Å². The summed E-state index contributed by atoms with van der Waals surface area (Å²) in [5.74, 6) is 0.604. The molecule has 2 fully saturated rings. The third kappa shape index (κ3) is 6.20. The molecule has 2 atom stereocenters. The molecular formula is C35H45N3O5. The highest BCUT2D eigenvalue weighted by Crippen LogP contribution is 2.47. The Morgan fingerprint density at radius 2 is 1.14 bits per heavy atom. The molecule has 43 heavy (non-hydrogen) atoms. The summed E-state index contributed by atoms with van der Waals surface area (Å²) in [5, 5.41) is 0. The highest BCUT2D eigenvalue weighted by molar-refractivity contribution is 5.98. The van der Waals surface area contributed by atoms with Gasteiger partial charge in [0.15, 0.2) is 6.10 Å². The van der Waals surface area contributed by atoms with Crippen LogP contribution in [-0.2, 0) is 9.53 Å². The highest BCUT2D eigenvalue weighted by Gasteiger charge is 2.43. The van der Waals surface area contributed by atoms with Crippen LogP contribution in [0, 0.1) is 11.8 Å². The van der Waals surface area contributed by atoms with Crippen molar-refractivity contribution in [3.05, 3.63) is 58.7 Å². The fraction of sp³-hybridized carbons (Fsp3) is 0.543. The van der Waals surface area contributed by atoms with E-state index in [-0.39, 0.29) is 29.4 Å². The lowest BCUT2D eigenvalue weighted by atomic mass is 10.0. The first-order valence-electron chi connectivity index (χ1n) is 16.1. The number of hydrogen-bond acceptors (Lipinski definition) is 5. The molecule has 0 spiro atoms. The van der Waals surface area contributed by atoms with E-state index in [1.54, 1.807) is 4.90 Å². The van der Waals surface area contributed by atoms with Gasteiger partial charge in [-0.2, -0.15) is 0 Å². The lowest BCUT2D eigenvalue weighted by Gasteiger charge is -2.24. The second-order valence-electron chi connectivity index (χ2n) is 12.3. The number of benzene rings is 2. The Morgan fingerprint density at radius 3 is 1.53 bits per heavy atom. The molecule has 2 aromatic rings. The van der Waals surface area contributed by atoms with E-state index in [4.69, 9.17) is 4.74 Å². The summed E-state index contributed by atoms with van der Waals surface area (Å²) in [5.41, 5.74) is 4.47. The minimum Gasteiger partial charge on any atom is -0.436 e. The molecule has 2 aliphatic carbocycles. The molecular weight excluding hydrogens is 542 g/mol. The first-order chi connectivity index (χ1) is 20.8. The summed E-state index contributed by atoms with van der Waals surface area (Å²) in [7, 11) is 0. The monoisotopic (exact) mass is 587 g/mol. The molecule has 3 amide bonds. The number of ether oxygens (including phenoxy) is 1. The number of Topliss-reactive ketones (excluding diaryl/α,β-unsaturated/α-hetero) is 1. The van der Waals surface area contributed by atoms with Gasteiger partial charge in [-0.25, -0.2) is 4.79 Å². The minimum absolute atomic E-state index is 0.0322. The zero-order valence-corrected chi connectivity index (χ0v) is 26.1.